The van der Waals surface area contributed by atoms with Gasteiger partial charge in [-0.1, -0.05) is 24.3 Å². The fraction of sp³-hybridized carbons (Fsp3) is 0.150. The van der Waals surface area contributed by atoms with E-state index in [1.54, 1.807) is 31.6 Å². The van der Waals surface area contributed by atoms with Gasteiger partial charge in [-0.05, 0) is 24.6 Å². The molecule has 0 aliphatic rings. The highest BCUT2D eigenvalue weighted by Gasteiger charge is 2.15. The molecule has 3 heterocycles. The van der Waals surface area contributed by atoms with Crippen molar-refractivity contribution in [2.75, 3.05) is 5.32 Å². The third-order valence-corrected chi connectivity index (χ3v) is 4.46. The van der Waals surface area contributed by atoms with Crippen molar-refractivity contribution in [2.45, 2.75) is 19.5 Å². The van der Waals surface area contributed by atoms with Crippen molar-refractivity contribution < 1.29 is 0 Å². The summed E-state index contributed by atoms with van der Waals surface area (Å²) in [5, 5.41) is 8.68. The summed E-state index contributed by atoms with van der Waals surface area (Å²) in [6.45, 7) is 2.25. The molecular formula is C20H18N6O2. The Morgan fingerprint density at radius 3 is 2.82 bits per heavy atom. The molecule has 0 radical (unpaired) electrons. The van der Waals surface area contributed by atoms with Crippen LogP contribution >= 0.6 is 0 Å². The first-order valence-corrected chi connectivity index (χ1v) is 8.82. The van der Waals surface area contributed by atoms with Crippen molar-refractivity contribution in [3.05, 3.63) is 93.0 Å². The second kappa shape index (κ2) is 7.43. The van der Waals surface area contributed by atoms with Crippen molar-refractivity contribution in [3.63, 3.8) is 0 Å². The van der Waals surface area contributed by atoms with Gasteiger partial charge in [0.25, 0.3) is 11.1 Å². The van der Waals surface area contributed by atoms with Gasteiger partial charge in [-0.15, -0.1) is 0 Å². The highest BCUT2D eigenvalue weighted by Crippen LogP contribution is 2.15. The predicted molar refractivity (Wildman–Crippen MR) is 106 cm³/mol. The molecule has 0 aliphatic carbocycles. The minimum atomic E-state index is -0.502. The molecule has 0 spiro atoms. The van der Waals surface area contributed by atoms with Crippen molar-refractivity contribution in [2.24, 2.45) is 0 Å². The maximum atomic E-state index is 12.8. The van der Waals surface area contributed by atoms with E-state index in [0.29, 0.717) is 23.6 Å². The molecule has 0 saturated heterocycles. The number of nitrogens with zero attached hydrogens (tertiary/aromatic N) is 4. The lowest BCUT2D eigenvalue weighted by molar-refractivity contribution is 0.524. The van der Waals surface area contributed by atoms with Crippen molar-refractivity contribution in [1.29, 1.82) is 0 Å². The number of aromatic amines is 1. The topological polar surface area (TPSA) is 106 Å². The maximum absolute atomic E-state index is 12.8. The number of H-pyrrole nitrogens is 1. The van der Waals surface area contributed by atoms with E-state index in [9.17, 15) is 9.59 Å². The number of hydrogen-bond donors (Lipinski definition) is 2. The van der Waals surface area contributed by atoms with Gasteiger partial charge >= 0.3 is 0 Å². The number of fused-ring (bicyclic) bond motifs is 1. The quantitative estimate of drug-likeness (QED) is 0.554. The Hall–Kier alpha value is -3.81. The lowest BCUT2D eigenvalue weighted by Gasteiger charge is -2.15. The zero-order valence-corrected chi connectivity index (χ0v) is 15.2. The normalized spacial score (nSPS) is 12.0. The lowest BCUT2D eigenvalue weighted by Crippen LogP contribution is -2.28. The highest BCUT2D eigenvalue weighted by molar-refractivity contribution is 5.80. The molecule has 28 heavy (non-hydrogen) atoms. The Bertz CT molecular complexity index is 1230. The smallest absolute Gasteiger partial charge is 0.275 e. The van der Waals surface area contributed by atoms with Crippen LogP contribution in [0.25, 0.3) is 10.8 Å². The number of hydrogen-bond acceptors (Lipinski definition) is 6. The first kappa shape index (κ1) is 17.6. The predicted octanol–water partition coefficient (Wildman–Crippen LogP) is 2.10. The Balaban J connectivity index is 1.65. The van der Waals surface area contributed by atoms with Gasteiger partial charge in [0.1, 0.15) is 0 Å². The van der Waals surface area contributed by atoms with Crippen LogP contribution in [-0.2, 0) is 6.54 Å². The third-order valence-electron chi connectivity index (χ3n) is 4.46. The van der Waals surface area contributed by atoms with Crippen molar-refractivity contribution in [1.82, 2.24) is 24.7 Å². The Morgan fingerprint density at radius 1 is 1.14 bits per heavy atom. The van der Waals surface area contributed by atoms with Gasteiger partial charge in [0.2, 0.25) is 5.95 Å². The Morgan fingerprint density at radius 2 is 2.00 bits per heavy atom. The minimum Gasteiger partial charge on any atom is -0.352 e. The largest absolute Gasteiger partial charge is 0.352 e. The number of anilines is 1. The van der Waals surface area contributed by atoms with Gasteiger partial charge in [0, 0.05) is 30.4 Å². The van der Waals surface area contributed by atoms with Crippen LogP contribution in [0.1, 0.15) is 24.2 Å². The van der Waals surface area contributed by atoms with E-state index in [1.807, 2.05) is 30.3 Å². The Labute approximate surface area is 159 Å². The van der Waals surface area contributed by atoms with Crippen LogP contribution in [0.15, 0.2) is 70.6 Å². The average Bonchev–Trinajstić information content (AvgIpc) is 2.73. The van der Waals surface area contributed by atoms with Crippen molar-refractivity contribution in [3.8, 4) is 0 Å². The molecule has 0 saturated carbocycles. The molecule has 1 aromatic carbocycles. The van der Waals surface area contributed by atoms with E-state index in [1.165, 1.54) is 10.7 Å². The molecule has 1 atom stereocenters. The van der Waals surface area contributed by atoms with Crippen LogP contribution in [0.3, 0.4) is 0 Å². The number of aromatic nitrogens is 5. The summed E-state index contributed by atoms with van der Waals surface area (Å²) in [6, 6.07) is 11.9. The molecule has 0 aliphatic heterocycles. The van der Waals surface area contributed by atoms with Crippen LogP contribution in [0.5, 0.6) is 0 Å². The first-order valence-electron chi connectivity index (χ1n) is 8.82. The van der Waals surface area contributed by atoms with Crippen LogP contribution < -0.4 is 16.4 Å². The third kappa shape index (κ3) is 3.52. The molecule has 0 fully saturated rings. The van der Waals surface area contributed by atoms with Gasteiger partial charge < -0.3 is 5.32 Å². The molecule has 4 rings (SSSR count). The molecule has 0 bridgehead atoms. The SMILES string of the molecule is C[C@@H](c1cc(=O)[nH]c(NCc2cccnc2)n1)n1ncc2ccccc2c1=O. The second-order valence-corrected chi connectivity index (χ2v) is 6.39. The first-order chi connectivity index (χ1) is 13.6. The number of rotatable bonds is 5. The van der Waals surface area contributed by atoms with E-state index in [-0.39, 0.29) is 11.1 Å². The summed E-state index contributed by atoms with van der Waals surface area (Å²) in [4.78, 5) is 36.1. The summed E-state index contributed by atoms with van der Waals surface area (Å²) in [7, 11) is 0. The molecule has 8 nitrogen and oxygen atoms in total. The van der Waals surface area contributed by atoms with Gasteiger partial charge in [0.15, 0.2) is 0 Å². The zero-order chi connectivity index (χ0) is 19.5. The summed E-state index contributed by atoms with van der Waals surface area (Å²) in [6.07, 6.45) is 5.07. The summed E-state index contributed by atoms with van der Waals surface area (Å²) in [5.41, 5.74) is 0.871. The van der Waals surface area contributed by atoms with E-state index in [4.69, 9.17) is 0 Å². The van der Waals surface area contributed by atoms with E-state index in [2.05, 4.69) is 25.4 Å². The monoisotopic (exact) mass is 374 g/mol. The fourth-order valence-corrected chi connectivity index (χ4v) is 2.97. The molecule has 0 unspecified atom stereocenters. The molecular weight excluding hydrogens is 356 g/mol. The van der Waals surface area contributed by atoms with Gasteiger partial charge in [-0.2, -0.15) is 5.10 Å². The van der Waals surface area contributed by atoms with Crippen LogP contribution in [0.2, 0.25) is 0 Å². The zero-order valence-electron chi connectivity index (χ0n) is 15.2. The molecule has 8 heteroatoms. The molecule has 3 aromatic heterocycles. The lowest BCUT2D eigenvalue weighted by atomic mass is 10.2. The highest BCUT2D eigenvalue weighted by atomic mass is 16.1. The fourth-order valence-electron chi connectivity index (χ4n) is 2.97. The van der Waals surface area contributed by atoms with Gasteiger partial charge in [-0.25, -0.2) is 9.67 Å². The molecule has 2 N–H and O–H groups in total. The summed E-state index contributed by atoms with van der Waals surface area (Å²) >= 11 is 0. The summed E-state index contributed by atoms with van der Waals surface area (Å²) in [5.74, 6) is 0.326. The van der Waals surface area contributed by atoms with E-state index >= 15 is 0 Å². The molecule has 140 valence electrons. The van der Waals surface area contributed by atoms with Crippen LogP contribution in [0, 0.1) is 0 Å². The standard InChI is InChI=1S/C20H18N6O2/c1-13(26-19(28)16-7-3-2-6-15(16)12-23-26)17-9-18(27)25-20(24-17)22-11-14-5-4-8-21-10-14/h2-10,12-13H,11H2,1H3,(H2,22,24,25,27)/t13-/m0/s1. The second-order valence-electron chi connectivity index (χ2n) is 6.39. The van der Waals surface area contributed by atoms with Crippen molar-refractivity contribution >= 4 is 16.7 Å². The Kier molecular flexibility index (Phi) is 4.67. The number of nitrogens with one attached hydrogen (secondary N) is 2. The number of pyridine rings is 1. The van der Waals surface area contributed by atoms with E-state index < -0.39 is 6.04 Å². The van der Waals surface area contributed by atoms with Crippen LogP contribution in [-0.4, -0.2) is 24.7 Å². The van der Waals surface area contributed by atoms with Crippen LogP contribution in [0.4, 0.5) is 5.95 Å². The maximum Gasteiger partial charge on any atom is 0.275 e. The number of benzene rings is 1. The molecule has 0 amide bonds. The molecule has 4 aromatic rings. The minimum absolute atomic E-state index is 0.224. The summed E-state index contributed by atoms with van der Waals surface area (Å²) < 4.78 is 1.34. The van der Waals surface area contributed by atoms with Gasteiger partial charge in [0.05, 0.1) is 23.3 Å². The van der Waals surface area contributed by atoms with E-state index in [0.717, 1.165) is 10.9 Å². The average molecular weight is 374 g/mol. The van der Waals surface area contributed by atoms with Gasteiger partial charge in [-0.3, -0.25) is 19.6 Å².